The van der Waals surface area contributed by atoms with E-state index in [9.17, 15) is 4.79 Å². The maximum Gasteiger partial charge on any atom is 0.238 e. The number of benzene rings is 2. The number of nitrogens with one attached hydrogen (secondary N) is 2. The van der Waals surface area contributed by atoms with Gasteiger partial charge in [-0.1, -0.05) is 30.3 Å². The molecule has 0 spiro atoms. The number of hydrogen-bond acceptors (Lipinski definition) is 4. The molecule has 0 radical (unpaired) electrons. The molecule has 0 aromatic heterocycles. The van der Waals surface area contributed by atoms with Gasteiger partial charge in [0.15, 0.2) is 0 Å². The van der Waals surface area contributed by atoms with Crippen LogP contribution in [-0.2, 0) is 11.2 Å². The van der Waals surface area contributed by atoms with E-state index >= 15 is 0 Å². The molecular formula is C18H20N2O2S. The second-order valence-electron chi connectivity index (χ2n) is 5.37. The van der Waals surface area contributed by atoms with Crippen LogP contribution in [0.3, 0.4) is 0 Å². The Balaban J connectivity index is 1.45. The smallest absolute Gasteiger partial charge is 0.238 e. The Bertz CT molecular complexity index is 625. The monoisotopic (exact) mass is 328 g/mol. The summed E-state index contributed by atoms with van der Waals surface area (Å²) in [6, 6.07) is 17.7. The summed E-state index contributed by atoms with van der Waals surface area (Å²) in [7, 11) is 0. The second-order valence-corrected chi connectivity index (χ2v) is 6.40. The van der Waals surface area contributed by atoms with Crippen molar-refractivity contribution in [3.05, 3.63) is 60.2 Å². The topological polar surface area (TPSA) is 50.4 Å². The number of carbonyl (C=O) groups excluding carboxylic acids is 1. The van der Waals surface area contributed by atoms with Gasteiger partial charge in [-0.15, -0.1) is 11.8 Å². The van der Waals surface area contributed by atoms with Gasteiger partial charge in [0.1, 0.15) is 11.5 Å². The molecule has 4 nitrogen and oxygen atoms in total. The van der Waals surface area contributed by atoms with Gasteiger partial charge in [0.05, 0.1) is 6.04 Å². The van der Waals surface area contributed by atoms with E-state index in [-0.39, 0.29) is 11.9 Å². The van der Waals surface area contributed by atoms with E-state index in [1.807, 2.05) is 54.6 Å². The fraction of sp³-hybridized carbons (Fsp3) is 0.278. The van der Waals surface area contributed by atoms with Crippen molar-refractivity contribution >= 4 is 17.7 Å². The normalized spacial score (nSPS) is 17.0. The van der Waals surface area contributed by atoms with Gasteiger partial charge < -0.3 is 10.1 Å². The average molecular weight is 328 g/mol. The Morgan fingerprint density at radius 2 is 1.87 bits per heavy atom. The molecule has 0 saturated carbocycles. The van der Waals surface area contributed by atoms with Crippen molar-refractivity contribution in [3.8, 4) is 11.5 Å². The van der Waals surface area contributed by atoms with Crippen molar-refractivity contribution in [2.45, 2.75) is 12.5 Å². The highest BCUT2D eigenvalue weighted by Gasteiger charge is 2.21. The number of thioether (sulfide) groups is 1. The molecule has 3 rings (SSSR count). The highest BCUT2D eigenvalue weighted by atomic mass is 32.2. The lowest BCUT2D eigenvalue weighted by Crippen LogP contribution is -2.42. The summed E-state index contributed by atoms with van der Waals surface area (Å²) < 4.78 is 5.76. The van der Waals surface area contributed by atoms with E-state index in [1.54, 1.807) is 11.8 Å². The van der Waals surface area contributed by atoms with Gasteiger partial charge >= 0.3 is 0 Å². The van der Waals surface area contributed by atoms with Crippen LogP contribution < -0.4 is 15.4 Å². The standard InChI is InChI=1S/C18H20N2O2S/c21-18(17-12-23-13-20-17)19-11-10-14-6-8-16(9-7-14)22-15-4-2-1-3-5-15/h1-9,17,20H,10-13H2,(H,19,21). The van der Waals surface area contributed by atoms with Crippen LogP contribution in [0.25, 0.3) is 0 Å². The first-order chi connectivity index (χ1) is 11.3. The highest BCUT2D eigenvalue weighted by molar-refractivity contribution is 7.99. The molecule has 23 heavy (non-hydrogen) atoms. The first-order valence-corrected chi connectivity index (χ1v) is 8.87. The molecule has 1 unspecified atom stereocenters. The fourth-order valence-corrected chi connectivity index (χ4v) is 3.31. The van der Waals surface area contributed by atoms with E-state index < -0.39 is 0 Å². The van der Waals surface area contributed by atoms with E-state index in [2.05, 4.69) is 10.6 Å². The zero-order chi connectivity index (χ0) is 15.9. The lowest BCUT2D eigenvalue weighted by Gasteiger charge is -2.10. The van der Waals surface area contributed by atoms with E-state index in [4.69, 9.17) is 4.74 Å². The van der Waals surface area contributed by atoms with Crippen LogP contribution in [0.15, 0.2) is 54.6 Å². The summed E-state index contributed by atoms with van der Waals surface area (Å²) >= 11 is 1.76. The minimum absolute atomic E-state index is 0.0401. The zero-order valence-electron chi connectivity index (χ0n) is 12.8. The molecule has 1 aliphatic heterocycles. The molecule has 120 valence electrons. The average Bonchev–Trinajstić information content (AvgIpc) is 3.12. The third-order valence-electron chi connectivity index (χ3n) is 3.65. The molecule has 0 aliphatic carbocycles. The van der Waals surface area contributed by atoms with Crippen molar-refractivity contribution in [2.75, 3.05) is 18.2 Å². The second kappa shape index (κ2) is 8.04. The Labute approximate surface area is 140 Å². The Kier molecular flexibility index (Phi) is 5.56. The van der Waals surface area contributed by atoms with Crippen molar-refractivity contribution in [1.82, 2.24) is 10.6 Å². The quantitative estimate of drug-likeness (QED) is 0.856. The van der Waals surface area contributed by atoms with Crippen LogP contribution >= 0.6 is 11.8 Å². The molecule has 5 heteroatoms. The fourth-order valence-electron chi connectivity index (χ4n) is 2.37. The number of rotatable bonds is 6. The molecule has 1 fully saturated rings. The van der Waals surface area contributed by atoms with Crippen molar-refractivity contribution in [3.63, 3.8) is 0 Å². The van der Waals surface area contributed by atoms with Crippen LogP contribution in [-0.4, -0.2) is 30.1 Å². The summed E-state index contributed by atoms with van der Waals surface area (Å²) in [6.45, 7) is 0.653. The Morgan fingerprint density at radius 1 is 1.13 bits per heavy atom. The molecule has 2 aromatic carbocycles. The Hall–Kier alpha value is -1.98. The van der Waals surface area contributed by atoms with Crippen molar-refractivity contribution in [2.24, 2.45) is 0 Å². The molecule has 1 atom stereocenters. The van der Waals surface area contributed by atoms with Gasteiger partial charge in [0.25, 0.3) is 0 Å². The lowest BCUT2D eigenvalue weighted by atomic mass is 10.1. The predicted molar refractivity (Wildman–Crippen MR) is 93.9 cm³/mol. The summed E-state index contributed by atoms with van der Waals surface area (Å²) in [5, 5.41) is 6.15. The first-order valence-electron chi connectivity index (χ1n) is 7.72. The van der Waals surface area contributed by atoms with E-state index in [0.29, 0.717) is 6.54 Å². The van der Waals surface area contributed by atoms with Gasteiger partial charge in [-0.3, -0.25) is 10.1 Å². The molecule has 1 saturated heterocycles. The number of hydrogen-bond donors (Lipinski definition) is 2. The molecule has 0 bridgehead atoms. The number of carbonyl (C=O) groups is 1. The summed E-state index contributed by atoms with van der Waals surface area (Å²) in [5.41, 5.74) is 1.18. The minimum Gasteiger partial charge on any atom is -0.457 e. The summed E-state index contributed by atoms with van der Waals surface area (Å²) in [4.78, 5) is 11.9. The van der Waals surface area contributed by atoms with Crippen LogP contribution in [0, 0.1) is 0 Å². The van der Waals surface area contributed by atoms with Crippen molar-refractivity contribution in [1.29, 1.82) is 0 Å². The summed E-state index contributed by atoms with van der Waals surface area (Å²) in [5.74, 6) is 3.46. The van der Waals surface area contributed by atoms with Crippen LogP contribution in [0.4, 0.5) is 0 Å². The molecule has 1 amide bonds. The third-order valence-corrected chi connectivity index (χ3v) is 4.59. The molecule has 1 heterocycles. The summed E-state index contributed by atoms with van der Waals surface area (Å²) in [6.07, 6.45) is 0.817. The highest BCUT2D eigenvalue weighted by Crippen LogP contribution is 2.21. The van der Waals surface area contributed by atoms with Gasteiger partial charge in [-0.2, -0.15) is 0 Å². The number of ether oxygens (including phenoxy) is 1. The first kappa shape index (κ1) is 15.9. The molecule has 2 N–H and O–H groups in total. The van der Waals surface area contributed by atoms with Gasteiger partial charge in [-0.25, -0.2) is 0 Å². The van der Waals surface area contributed by atoms with Gasteiger partial charge in [0.2, 0.25) is 5.91 Å². The predicted octanol–water partition coefficient (Wildman–Crippen LogP) is 2.80. The largest absolute Gasteiger partial charge is 0.457 e. The van der Waals surface area contributed by atoms with Gasteiger partial charge in [-0.05, 0) is 36.2 Å². The number of para-hydroxylation sites is 1. The van der Waals surface area contributed by atoms with Gasteiger partial charge in [0, 0.05) is 18.2 Å². The van der Waals surface area contributed by atoms with Crippen LogP contribution in [0.2, 0.25) is 0 Å². The number of amides is 1. The maximum atomic E-state index is 11.9. The van der Waals surface area contributed by atoms with E-state index in [0.717, 1.165) is 29.5 Å². The molecular weight excluding hydrogens is 308 g/mol. The maximum absolute atomic E-state index is 11.9. The van der Waals surface area contributed by atoms with Crippen molar-refractivity contribution < 1.29 is 9.53 Å². The zero-order valence-corrected chi connectivity index (χ0v) is 13.6. The van der Waals surface area contributed by atoms with E-state index in [1.165, 1.54) is 5.56 Å². The Morgan fingerprint density at radius 3 is 2.57 bits per heavy atom. The van der Waals surface area contributed by atoms with Crippen LogP contribution in [0.1, 0.15) is 5.56 Å². The lowest BCUT2D eigenvalue weighted by molar-refractivity contribution is -0.122. The third kappa shape index (κ3) is 4.74. The minimum atomic E-state index is -0.0401. The van der Waals surface area contributed by atoms with Crippen LogP contribution in [0.5, 0.6) is 11.5 Å². The molecule has 1 aliphatic rings. The molecule has 2 aromatic rings. The SMILES string of the molecule is O=C(NCCc1ccc(Oc2ccccc2)cc1)C1CSCN1.